The van der Waals surface area contributed by atoms with Crippen LogP contribution in [0.2, 0.25) is 5.02 Å². The van der Waals surface area contributed by atoms with Crippen molar-refractivity contribution in [3.05, 3.63) is 130 Å². The van der Waals surface area contributed by atoms with E-state index < -0.39 is 6.04 Å². The largest absolute Gasteiger partial charge is 0.497 e. The van der Waals surface area contributed by atoms with Crippen molar-refractivity contribution >= 4 is 29.3 Å². The highest BCUT2D eigenvalue weighted by Gasteiger charge is 2.26. The molecule has 10 heteroatoms. The molecule has 7 nitrogen and oxygen atoms in total. The minimum Gasteiger partial charge on any atom is -0.497 e. The first kappa shape index (κ1) is 30.1. The fourth-order valence-corrected chi connectivity index (χ4v) is 5.69. The van der Waals surface area contributed by atoms with Crippen LogP contribution in [0.4, 0.5) is 4.39 Å². The zero-order chi connectivity index (χ0) is 30.3. The third kappa shape index (κ3) is 7.36. The number of halogens is 2. The monoisotopic (exact) mass is 616 g/mol. The van der Waals surface area contributed by atoms with Crippen molar-refractivity contribution in [1.29, 1.82) is 0 Å². The third-order valence-electron chi connectivity index (χ3n) is 6.86. The van der Waals surface area contributed by atoms with Gasteiger partial charge >= 0.3 is 0 Å². The molecule has 220 valence electrons. The number of rotatable bonds is 11. The van der Waals surface area contributed by atoms with Crippen LogP contribution in [-0.2, 0) is 12.2 Å². The maximum Gasteiger partial charge on any atom is 0.252 e. The molecule has 5 aromatic rings. The number of benzene rings is 4. The molecular formula is C33H30ClFN4O3S. The Kier molecular flexibility index (Phi) is 9.64. The predicted octanol–water partition coefficient (Wildman–Crippen LogP) is 7.39. The van der Waals surface area contributed by atoms with E-state index in [1.807, 2.05) is 60.0 Å². The summed E-state index contributed by atoms with van der Waals surface area (Å²) in [6, 6.07) is 26.3. The zero-order valence-electron chi connectivity index (χ0n) is 23.9. The average molecular weight is 617 g/mol. The molecule has 0 aliphatic rings. The summed E-state index contributed by atoms with van der Waals surface area (Å²) in [5.41, 5.74) is 4.08. The maximum atomic E-state index is 13.7. The quantitative estimate of drug-likeness (QED) is 0.156. The van der Waals surface area contributed by atoms with Crippen LogP contribution in [0.15, 0.2) is 96.2 Å². The number of aryl methyl sites for hydroxylation is 1. The summed E-state index contributed by atoms with van der Waals surface area (Å²) in [6.45, 7) is 1.98. The van der Waals surface area contributed by atoms with Crippen molar-refractivity contribution < 1.29 is 18.7 Å². The molecule has 0 aliphatic heterocycles. The van der Waals surface area contributed by atoms with Gasteiger partial charge in [0.1, 0.15) is 17.3 Å². The van der Waals surface area contributed by atoms with Crippen molar-refractivity contribution in [3.63, 3.8) is 0 Å². The SMILES string of the molecule is COc1cc(OC)cc(C(=O)NC(Cc2ccccc2)c2nnc(SCc3ccc(F)cc3)n2-c2cc(Cl)ccc2C)c1. The van der Waals surface area contributed by atoms with Gasteiger partial charge in [-0.05, 0) is 66.4 Å². The molecule has 43 heavy (non-hydrogen) atoms. The van der Waals surface area contributed by atoms with Gasteiger partial charge in [-0.1, -0.05) is 71.9 Å². The van der Waals surface area contributed by atoms with Gasteiger partial charge in [-0.3, -0.25) is 9.36 Å². The number of methoxy groups -OCH3 is 2. The van der Waals surface area contributed by atoms with Crippen LogP contribution in [0, 0.1) is 12.7 Å². The minimum absolute atomic E-state index is 0.290. The van der Waals surface area contributed by atoms with Crippen molar-refractivity contribution in [2.24, 2.45) is 0 Å². The number of amides is 1. The first-order chi connectivity index (χ1) is 20.8. The van der Waals surface area contributed by atoms with Crippen LogP contribution < -0.4 is 14.8 Å². The van der Waals surface area contributed by atoms with Crippen molar-refractivity contribution in [3.8, 4) is 17.2 Å². The molecule has 1 heterocycles. The summed E-state index contributed by atoms with van der Waals surface area (Å²) in [7, 11) is 3.07. The first-order valence-corrected chi connectivity index (χ1v) is 14.9. The van der Waals surface area contributed by atoms with Gasteiger partial charge in [0.25, 0.3) is 5.91 Å². The van der Waals surface area contributed by atoms with E-state index in [1.165, 1.54) is 38.1 Å². The number of thioether (sulfide) groups is 1. The standard InChI is InChI=1S/C33H30ClFN4O3S/c1-21-9-12-25(34)18-30(21)39-31(37-38-33(39)43-20-23-10-13-26(35)14-11-23)29(15-22-7-5-4-6-8-22)36-32(40)24-16-27(41-2)19-28(17-24)42-3/h4-14,16-19,29H,15,20H2,1-3H3,(H,36,40). The van der Waals surface area contributed by atoms with E-state index in [0.717, 1.165) is 22.4 Å². The van der Waals surface area contributed by atoms with Crippen LogP contribution in [0.3, 0.4) is 0 Å². The zero-order valence-corrected chi connectivity index (χ0v) is 25.5. The molecule has 0 bridgehead atoms. The summed E-state index contributed by atoms with van der Waals surface area (Å²) in [6.07, 6.45) is 0.452. The highest BCUT2D eigenvalue weighted by molar-refractivity contribution is 7.98. The Labute approximate surface area is 259 Å². The van der Waals surface area contributed by atoms with E-state index in [4.69, 9.17) is 21.1 Å². The predicted molar refractivity (Wildman–Crippen MR) is 167 cm³/mol. The van der Waals surface area contributed by atoms with Gasteiger partial charge in [-0.15, -0.1) is 10.2 Å². The van der Waals surface area contributed by atoms with Gasteiger partial charge in [0.05, 0.1) is 25.9 Å². The van der Waals surface area contributed by atoms with Crippen molar-refractivity contribution in [2.75, 3.05) is 14.2 Å². The number of hydrogen-bond donors (Lipinski definition) is 1. The molecular weight excluding hydrogens is 587 g/mol. The number of nitrogens with one attached hydrogen (secondary N) is 1. The van der Waals surface area contributed by atoms with Crippen LogP contribution in [-0.4, -0.2) is 34.9 Å². The Balaban J connectivity index is 1.58. The van der Waals surface area contributed by atoms with Gasteiger partial charge in [0.2, 0.25) is 0 Å². The third-order valence-corrected chi connectivity index (χ3v) is 8.10. The number of nitrogens with zero attached hydrogens (tertiary/aromatic N) is 3. The van der Waals surface area contributed by atoms with Crippen molar-refractivity contribution in [2.45, 2.75) is 30.3 Å². The van der Waals surface area contributed by atoms with E-state index in [9.17, 15) is 9.18 Å². The average Bonchev–Trinajstić information content (AvgIpc) is 3.45. The van der Waals surface area contributed by atoms with Crippen LogP contribution in [0.1, 0.15) is 38.9 Å². The molecule has 5 rings (SSSR count). The van der Waals surface area contributed by atoms with E-state index >= 15 is 0 Å². The Morgan fingerprint density at radius 2 is 1.63 bits per heavy atom. The van der Waals surface area contributed by atoms with Gasteiger partial charge in [0.15, 0.2) is 11.0 Å². The van der Waals surface area contributed by atoms with Gasteiger partial charge < -0.3 is 14.8 Å². The number of carbonyl (C=O) groups is 1. The lowest BCUT2D eigenvalue weighted by Crippen LogP contribution is -2.32. The van der Waals surface area contributed by atoms with E-state index in [2.05, 4.69) is 15.5 Å². The van der Waals surface area contributed by atoms with E-state index in [-0.39, 0.29) is 11.7 Å². The second-order valence-corrected chi connectivity index (χ2v) is 11.2. The molecule has 0 fully saturated rings. The first-order valence-electron chi connectivity index (χ1n) is 13.5. The summed E-state index contributed by atoms with van der Waals surface area (Å²) >= 11 is 7.93. The molecule has 1 atom stereocenters. The highest BCUT2D eigenvalue weighted by atomic mass is 35.5. The van der Waals surface area contributed by atoms with Gasteiger partial charge in [0, 0.05) is 22.4 Å². The highest BCUT2D eigenvalue weighted by Crippen LogP contribution is 2.32. The fourth-order valence-electron chi connectivity index (χ4n) is 4.62. The smallest absolute Gasteiger partial charge is 0.252 e. The summed E-state index contributed by atoms with van der Waals surface area (Å²) in [5.74, 6) is 1.47. The number of ether oxygens (including phenoxy) is 2. The minimum atomic E-state index is -0.571. The van der Waals surface area contributed by atoms with Gasteiger partial charge in [-0.25, -0.2) is 4.39 Å². The maximum absolute atomic E-state index is 13.7. The molecule has 0 aliphatic carbocycles. The summed E-state index contributed by atoms with van der Waals surface area (Å²) < 4.78 is 26.2. The molecule has 1 N–H and O–H groups in total. The molecule has 1 amide bonds. The Morgan fingerprint density at radius 3 is 2.30 bits per heavy atom. The second-order valence-electron chi connectivity index (χ2n) is 9.84. The van der Waals surface area contributed by atoms with E-state index in [0.29, 0.717) is 45.2 Å². The van der Waals surface area contributed by atoms with Crippen LogP contribution in [0.25, 0.3) is 5.69 Å². The fraction of sp³-hybridized carbons (Fsp3) is 0.182. The summed E-state index contributed by atoms with van der Waals surface area (Å²) in [5, 5.41) is 13.5. The lowest BCUT2D eigenvalue weighted by atomic mass is 10.0. The van der Waals surface area contributed by atoms with Crippen LogP contribution >= 0.6 is 23.4 Å². The Bertz CT molecular complexity index is 1690. The number of aromatic nitrogens is 3. The summed E-state index contributed by atoms with van der Waals surface area (Å²) in [4.78, 5) is 13.7. The Morgan fingerprint density at radius 1 is 0.930 bits per heavy atom. The number of hydrogen-bond acceptors (Lipinski definition) is 6. The molecule has 0 saturated heterocycles. The van der Waals surface area contributed by atoms with Gasteiger partial charge in [-0.2, -0.15) is 0 Å². The lowest BCUT2D eigenvalue weighted by molar-refractivity contribution is 0.0933. The van der Waals surface area contributed by atoms with Crippen molar-refractivity contribution in [1.82, 2.24) is 20.1 Å². The molecule has 1 unspecified atom stereocenters. The second kappa shape index (κ2) is 13.8. The van der Waals surface area contributed by atoms with Crippen LogP contribution in [0.5, 0.6) is 11.5 Å². The molecule has 0 saturated carbocycles. The normalized spacial score (nSPS) is 11.7. The molecule has 0 spiro atoms. The Hall–Kier alpha value is -4.34. The number of carbonyl (C=O) groups excluding carboxylic acids is 1. The molecule has 1 aromatic heterocycles. The lowest BCUT2D eigenvalue weighted by Gasteiger charge is -2.21. The molecule has 4 aromatic carbocycles. The van der Waals surface area contributed by atoms with E-state index in [1.54, 1.807) is 30.3 Å². The topological polar surface area (TPSA) is 78.3 Å². The molecule has 0 radical (unpaired) electrons.